The molecule has 1 heterocycles. The Kier molecular flexibility index (Phi) is 4.98. The van der Waals surface area contributed by atoms with Crippen LogP contribution in [0.4, 0.5) is 5.69 Å². The highest BCUT2D eigenvalue weighted by atomic mass is 15.1. The zero-order valence-electron chi connectivity index (χ0n) is 14.4. The summed E-state index contributed by atoms with van der Waals surface area (Å²) in [4.78, 5) is 2.55. The van der Waals surface area contributed by atoms with Crippen molar-refractivity contribution in [1.82, 2.24) is 0 Å². The molecule has 1 unspecified atom stereocenters. The second-order valence-electron chi connectivity index (χ2n) is 7.92. The Morgan fingerprint density at radius 1 is 1.24 bits per heavy atom. The molecule has 0 aliphatic carbocycles. The van der Waals surface area contributed by atoms with Gasteiger partial charge in [0.15, 0.2) is 0 Å². The van der Waals surface area contributed by atoms with E-state index in [4.69, 9.17) is 5.73 Å². The van der Waals surface area contributed by atoms with Gasteiger partial charge in [-0.05, 0) is 67.7 Å². The van der Waals surface area contributed by atoms with Crippen LogP contribution in [0.2, 0.25) is 0 Å². The third-order valence-corrected chi connectivity index (χ3v) is 4.95. The highest BCUT2D eigenvalue weighted by molar-refractivity contribution is 5.51. The highest BCUT2D eigenvalue weighted by Gasteiger charge is 2.28. The number of aryl methyl sites for hydroxylation is 1. The monoisotopic (exact) mass is 288 g/mol. The zero-order valence-corrected chi connectivity index (χ0v) is 14.4. The highest BCUT2D eigenvalue weighted by Crippen LogP contribution is 2.35. The molecule has 118 valence electrons. The van der Waals surface area contributed by atoms with Gasteiger partial charge in [0.05, 0.1) is 0 Å². The van der Waals surface area contributed by atoms with Gasteiger partial charge in [-0.1, -0.05) is 26.8 Å². The number of hydrogen-bond acceptors (Lipinski definition) is 2. The number of benzene rings is 1. The molecular formula is C19H32N2. The number of rotatable bonds is 3. The van der Waals surface area contributed by atoms with E-state index in [9.17, 15) is 0 Å². The first kappa shape index (κ1) is 16.4. The summed E-state index contributed by atoms with van der Waals surface area (Å²) in [6, 6.07) is 7.12. The Hall–Kier alpha value is -1.02. The second-order valence-corrected chi connectivity index (χ2v) is 7.92. The van der Waals surface area contributed by atoms with E-state index in [1.54, 1.807) is 0 Å². The van der Waals surface area contributed by atoms with E-state index < -0.39 is 0 Å². The van der Waals surface area contributed by atoms with Crippen molar-refractivity contribution in [3.63, 3.8) is 0 Å². The molecule has 1 saturated heterocycles. The summed E-state index contributed by atoms with van der Waals surface area (Å²) in [7, 11) is 0. The molecule has 0 radical (unpaired) electrons. The van der Waals surface area contributed by atoms with Crippen LogP contribution in [-0.4, -0.2) is 19.1 Å². The summed E-state index contributed by atoms with van der Waals surface area (Å²) in [5, 5.41) is 0. The summed E-state index contributed by atoms with van der Waals surface area (Å²) < 4.78 is 0. The van der Waals surface area contributed by atoms with Gasteiger partial charge < -0.3 is 10.6 Å². The van der Waals surface area contributed by atoms with Crippen LogP contribution in [0, 0.1) is 18.3 Å². The zero-order chi connectivity index (χ0) is 15.6. The third kappa shape index (κ3) is 4.23. The van der Waals surface area contributed by atoms with Gasteiger partial charge in [0.2, 0.25) is 0 Å². The van der Waals surface area contributed by atoms with Crippen LogP contribution < -0.4 is 10.6 Å². The van der Waals surface area contributed by atoms with Gasteiger partial charge in [-0.3, -0.25) is 0 Å². The molecule has 1 aliphatic rings. The van der Waals surface area contributed by atoms with Crippen molar-refractivity contribution in [1.29, 1.82) is 0 Å². The van der Waals surface area contributed by atoms with Crippen LogP contribution in [0.25, 0.3) is 0 Å². The summed E-state index contributed by atoms with van der Waals surface area (Å²) in [6.45, 7) is 13.8. The molecule has 2 rings (SSSR count). The molecule has 0 bridgehead atoms. The minimum absolute atomic E-state index is 0.233. The average molecular weight is 288 g/mol. The largest absolute Gasteiger partial charge is 0.372 e. The molecule has 0 aromatic heterocycles. The maximum Gasteiger partial charge on any atom is 0.0369 e. The number of nitrogens with two attached hydrogens (primary N) is 1. The summed E-state index contributed by atoms with van der Waals surface area (Å²) in [5.41, 5.74) is 10.5. The molecule has 21 heavy (non-hydrogen) atoms. The predicted octanol–water partition coefficient (Wildman–Crippen LogP) is 4.15. The van der Waals surface area contributed by atoms with Gasteiger partial charge >= 0.3 is 0 Å². The van der Waals surface area contributed by atoms with Gasteiger partial charge in [0, 0.05) is 24.8 Å². The SMILES string of the molecule is Cc1cc(N2CCC(C(C)(C)C)CC2)ccc1CC(C)N. The summed E-state index contributed by atoms with van der Waals surface area (Å²) >= 11 is 0. The van der Waals surface area contributed by atoms with Crippen molar-refractivity contribution in [2.45, 2.75) is 59.9 Å². The Bertz CT molecular complexity index is 463. The Morgan fingerprint density at radius 2 is 1.86 bits per heavy atom. The summed E-state index contributed by atoms with van der Waals surface area (Å²) in [5.74, 6) is 0.854. The molecule has 1 atom stereocenters. The fraction of sp³-hybridized carbons (Fsp3) is 0.684. The number of hydrogen-bond donors (Lipinski definition) is 1. The topological polar surface area (TPSA) is 29.3 Å². The molecular weight excluding hydrogens is 256 g/mol. The molecule has 0 spiro atoms. The minimum Gasteiger partial charge on any atom is -0.372 e. The van der Waals surface area contributed by atoms with Gasteiger partial charge in [-0.15, -0.1) is 0 Å². The maximum absolute atomic E-state index is 5.92. The van der Waals surface area contributed by atoms with Crippen LogP contribution in [-0.2, 0) is 6.42 Å². The average Bonchev–Trinajstić information content (AvgIpc) is 2.40. The normalized spacial score (nSPS) is 18.9. The van der Waals surface area contributed by atoms with E-state index in [0.29, 0.717) is 5.41 Å². The van der Waals surface area contributed by atoms with E-state index in [2.05, 4.69) is 57.7 Å². The van der Waals surface area contributed by atoms with Gasteiger partial charge in [0.25, 0.3) is 0 Å². The second kappa shape index (κ2) is 6.39. The van der Waals surface area contributed by atoms with Gasteiger partial charge in [-0.2, -0.15) is 0 Å². The van der Waals surface area contributed by atoms with E-state index in [0.717, 1.165) is 12.3 Å². The van der Waals surface area contributed by atoms with Crippen molar-refractivity contribution in [2.24, 2.45) is 17.1 Å². The Labute approximate surface area is 130 Å². The van der Waals surface area contributed by atoms with Gasteiger partial charge in [-0.25, -0.2) is 0 Å². The van der Waals surface area contributed by atoms with Crippen molar-refractivity contribution < 1.29 is 0 Å². The molecule has 0 amide bonds. The Balaban J connectivity index is 2.02. The van der Waals surface area contributed by atoms with Crippen LogP contribution in [0.3, 0.4) is 0 Å². The lowest BCUT2D eigenvalue weighted by atomic mass is 9.75. The molecule has 2 N–H and O–H groups in total. The van der Waals surface area contributed by atoms with Crippen molar-refractivity contribution in [2.75, 3.05) is 18.0 Å². The number of anilines is 1. The van der Waals surface area contributed by atoms with Crippen molar-refractivity contribution in [3.05, 3.63) is 29.3 Å². The van der Waals surface area contributed by atoms with E-state index >= 15 is 0 Å². The lowest BCUT2D eigenvalue weighted by Gasteiger charge is -2.40. The molecule has 1 aliphatic heterocycles. The first-order chi connectivity index (χ1) is 9.77. The minimum atomic E-state index is 0.233. The molecule has 2 nitrogen and oxygen atoms in total. The van der Waals surface area contributed by atoms with Crippen LogP contribution in [0.15, 0.2) is 18.2 Å². The Morgan fingerprint density at radius 3 is 2.33 bits per heavy atom. The molecule has 2 heteroatoms. The molecule has 0 saturated carbocycles. The quantitative estimate of drug-likeness (QED) is 0.905. The van der Waals surface area contributed by atoms with Crippen molar-refractivity contribution >= 4 is 5.69 Å². The standard InChI is InChI=1S/C19H32N2/c1-14-12-18(7-6-16(14)13-15(2)20)21-10-8-17(9-11-21)19(3,4)5/h6-7,12,15,17H,8-11,13,20H2,1-5H3. The molecule has 1 aromatic carbocycles. The van der Waals surface area contributed by atoms with Crippen LogP contribution in [0.5, 0.6) is 0 Å². The summed E-state index contributed by atoms with van der Waals surface area (Å²) in [6.07, 6.45) is 3.59. The fourth-order valence-corrected chi connectivity index (χ4v) is 3.46. The van der Waals surface area contributed by atoms with E-state index in [-0.39, 0.29) is 6.04 Å². The van der Waals surface area contributed by atoms with Crippen LogP contribution >= 0.6 is 0 Å². The predicted molar refractivity (Wildman–Crippen MR) is 92.9 cm³/mol. The maximum atomic E-state index is 5.92. The van der Waals surface area contributed by atoms with Gasteiger partial charge in [0.1, 0.15) is 0 Å². The first-order valence-electron chi connectivity index (χ1n) is 8.37. The first-order valence-corrected chi connectivity index (χ1v) is 8.37. The smallest absolute Gasteiger partial charge is 0.0369 e. The van der Waals surface area contributed by atoms with Crippen molar-refractivity contribution in [3.8, 4) is 0 Å². The molecule has 1 fully saturated rings. The fourth-order valence-electron chi connectivity index (χ4n) is 3.46. The van der Waals surface area contributed by atoms with E-state index in [1.807, 2.05) is 0 Å². The molecule has 1 aromatic rings. The lowest BCUT2D eigenvalue weighted by Crippen LogP contribution is -2.38. The van der Waals surface area contributed by atoms with E-state index in [1.165, 1.54) is 42.7 Å². The number of piperidine rings is 1. The van der Waals surface area contributed by atoms with Crippen LogP contribution in [0.1, 0.15) is 51.7 Å². The number of nitrogens with zero attached hydrogens (tertiary/aromatic N) is 1. The lowest BCUT2D eigenvalue weighted by molar-refractivity contribution is 0.199. The third-order valence-electron chi connectivity index (χ3n) is 4.95.